The third-order valence-corrected chi connectivity index (χ3v) is 4.36. The molecule has 0 aliphatic heterocycles. The molecule has 0 nitrogen and oxygen atoms in total. The molecule has 0 aromatic heterocycles. The van der Waals surface area contributed by atoms with Crippen LogP contribution in [0, 0.1) is 24.2 Å². The smallest absolute Gasteiger partial charge is 0.328 e. The zero-order valence-electron chi connectivity index (χ0n) is 10.7. The van der Waals surface area contributed by atoms with E-state index in [1.54, 1.807) is 6.42 Å². The van der Waals surface area contributed by atoms with Crippen molar-refractivity contribution in [1.82, 2.24) is 0 Å². The second-order valence-electron chi connectivity index (χ2n) is 5.67. The minimum absolute atomic E-state index is 0. The van der Waals surface area contributed by atoms with Gasteiger partial charge in [0.1, 0.15) is 0 Å². The van der Waals surface area contributed by atoms with Crippen molar-refractivity contribution in [2.45, 2.75) is 64.7 Å². The number of rotatable bonds is 2. The van der Waals surface area contributed by atoms with Crippen LogP contribution in [-0.2, 0) is 0 Å². The van der Waals surface area contributed by atoms with Gasteiger partial charge in [-0.3, -0.25) is 0 Å². The van der Waals surface area contributed by atoms with Crippen LogP contribution in [0.25, 0.3) is 0 Å². The molecule has 2 saturated carbocycles. The maximum atomic E-state index is 2.49. The molecule has 0 amide bonds. The van der Waals surface area contributed by atoms with Gasteiger partial charge in [-0.05, 0) is 24.2 Å². The minimum atomic E-state index is 0. The second-order valence-corrected chi connectivity index (χ2v) is 5.67. The molecule has 0 spiro atoms. The third kappa shape index (κ3) is 5.32. The van der Waals surface area contributed by atoms with E-state index >= 15 is 0 Å². The summed E-state index contributed by atoms with van der Waals surface area (Å²) in [6.07, 6.45) is 15.9. The molecule has 0 saturated heterocycles. The van der Waals surface area contributed by atoms with Gasteiger partial charge in [-0.1, -0.05) is 45.4 Å². The van der Waals surface area contributed by atoms with Crippen molar-refractivity contribution < 1.29 is 58.2 Å². The van der Waals surface area contributed by atoms with Crippen LogP contribution in [0.15, 0.2) is 0 Å². The van der Waals surface area contributed by atoms with E-state index in [4.69, 9.17) is 0 Å². The maximum Gasteiger partial charge on any atom is 1.00 e. The molecule has 1 heteroatoms. The molecule has 82 valence electrons. The Morgan fingerprint density at radius 1 is 0.867 bits per heavy atom. The van der Waals surface area contributed by atoms with Gasteiger partial charge >= 0.3 is 58.2 Å². The van der Waals surface area contributed by atoms with Gasteiger partial charge in [0, 0.05) is 0 Å². The van der Waals surface area contributed by atoms with Crippen LogP contribution < -0.4 is 58.2 Å². The van der Waals surface area contributed by atoms with Gasteiger partial charge in [-0.25, -0.2) is 0 Å². The summed E-state index contributed by atoms with van der Waals surface area (Å²) in [4.78, 5) is 0. The molecule has 0 N–H and O–H groups in total. The first-order valence-corrected chi connectivity index (χ1v) is 6.66. The summed E-state index contributed by atoms with van der Waals surface area (Å²) in [5.74, 6) is 3.19. The predicted molar refractivity (Wildman–Crippen MR) is 62.0 cm³/mol. The minimum Gasteiger partial charge on any atom is -0.328 e. The van der Waals surface area contributed by atoms with E-state index in [1.165, 1.54) is 51.4 Å². The zero-order chi connectivity index (χ0) is 9.80. The average Bonchev–Trinajstić information content (AvgIpc) is 2.23. The second kappa shape index (κ2) is 8.00. The van der Waals surface area contributed by atoms with Crippen molar-refractivity contribution in [1.29, 1.82) is 0 Å². The van der Waals surface area contributed by atoms with Gasteiger partial charge in [0.25, 0.3) is 0 Å². The number of hydrogen-bond acceptors (Lipinski definition) is 0. The average molecular weight is 279 g/mol. The summed E-state index contributed by atoms with van der Waals surface area (Å²) in [7, 11) is 0. The Morgan fingerprint density at radius 3 is 2.00 bits per heavy atom. The quantitative estimate of drug-likeness (QED) is 0.673. The van der Waals surface area contributed by atoms with Crippen molar-refractivity contribution in [3.05, 3.63) is 6.42 Å². The Morgan fingerprint density at radius 2 is 1.40 bits per heavy atom. The Labute approximate surface area is 145 Å². The molecule has 2 fully saturated rings. The fourth-order valence-corrected chi connectivity index (χ4v) is 3.27. The van der Waals surface area contributed by atoms with Gasteiger partial charge in [0.15, 0.2) is 0 Å². The van der Waals surface area contributed by atoms with Gasteiger partial charge in [-0.15, -0.1) is 0 Å². The van der Waals surface area contributed by atoms with Crippen molar-refractivity contribution in [3.8, 4) is 0 Å². The van der Waals surface area contributed by atoms with Crippen LogP contribution in [0.2, 0.25) is 0 Å². The molecule has 0 atom stereocenters. The van der Waals surface area contributed by atoms with Crippen molar-refractivity contribution in [2.75, 3.05) is 0 Å². The first-order chi connectivity index (χ1) is 6.84. The monoisotopic (exact) mass is 278 g/mol. The molecule has 0 aromatic rings. The number of hydrogen-bond donors (Lipinski definition) is 0. The Kier molecular flexibility index (Phi) is 7.93. The van der Waals surface area contributed by atoms with E-state index in [-0.39, 0.29) is 58.2 Å². The third-order valence-electron chi connectivity index (χ3n) is 4.36. The molecule has 0 aromatic carbocycles. The Hall–Kier alpha value is 1.81. The summed E-state index contributed by atoms with van der Waals surface area (Å²) < 4.78 is 0. The van der Waals surface area contributed by atoms with Crippen LogP contribution in [0.1, 0.15) is 64.7 Å². The predicted octanol–water partition coefficient (Wildman–Crippen LogP) is 1.60. The van der Waals surface area contributed by atoms with Crippen LogP contribution in [0.5, 0.6) is 0 Å². The summed E-state index contributed by atoms with van der Waals surface area (Å²) in [5.41, 5.74) is 0. The maximum absolute atomic E-state index is 2.49. The van der Waals surface area contributed by atoms with E-state index in [9.17, 15) is 0 Å². The largest absolute Gasteiger partial charge is 1.00 e. The van der Waals surface area contributed by atoms with Crippen molar-refractivity contribution in [3.63, 3.8) is 0 Å². The van der Waals surface area contributed by atoms with E-state index in [2.05, 4.69) is 13.3 Å². The Balaban J connectivity index is 0.00000112. The molecule has 2 aliphatic carbocycles. The van der Waals surface area contributed by atoms with Crippen molar-refractivity contribution >= 4 is 0 Å². The van der Waals surface area contributed by atoms with E-state index in [1.807, 2.05) is 0 Å². The Bertz CT molecular complexity index is 153. The van der Waals surface area contributed by atoms with Crippen LogP contribution >= 0.6 is 0 Å². The van der Waals surface area contributed by atoms with Gasteiger partial charge in [0.2, 0.25) is 0 Å². The fraction of sp³-hybridized carbons (Fsp3) is 0.929. The SMILES string of the molecule is CC1CCC(CC2CC[CH-]CC2)CC1.[Rb+]. The standard InChI is InChI=1S/C14H25.Rb/c1-12-7-9-14(10-8-12)11-13-5-3-2-4-6-13;/h2,12-14H,3-11H2,1H3;/q-1;+1. The summed E-state index contributed by atoms with van der Waals surface area (Å²) >= 11 is 0. The van der Waals surface area contributed by atoms with E-state index in [0.29, 0.717) is 0 Å². The molecule has 2 rings (SSSR count). The molecule has 0 unspecified atom stereocenters. The van der Waals surface area contributed by atoms with Gasteiger partial charge in [0.05, 0.1) is 0 Å². The fourth-order valence-electron chi connectivity index (χ4n) is 3.27. The molecule has 15 heavy (non-hydrogen) atoms. The topological polar surface area (TPSA) is 0 Å². The van der Waals surface area contributed by atoms with E-state index < -0.39 is 0 Å². The molecule has 0 radical (unpaired) electrons. The van der Waals surface area contributed by atoms with E-state index in [0.717, 1.165) is 17.8 Å². The summed E-state index contributed by atoms with van der Waals surface area (Å²) in [6.45, 7) is 2.42. The molecule has 0 heterocycles. The first kappa shape index (κ1) is 14.9. The van der Waals surface area contributed by atoms with Crippen LogP contribution in [0.4, 0.5) is 0 Å². The molecular weight excluding hydrogens is 254 g/mol. The van der Waals surface area contributed by atoms with Gasteiger partial charge in [-0.2, -0.15) is 12.8 Å². The zero-order valence-corrected chi connectivity index (χ0v) is 15.6. The normalized spacial score (nSPS) is 33.4. The molecule has 0 bridgehead atoms. The molecule has 2 aliphatic rings. The summed E-state index contributed by atoms with van der Waals surface area (Å²) in [5, 5.41) is 0. The summed E-state index contributed by atoms with van der Waals surface area (Å²) in [6, 6.07) is 0. The van der Waals surface area contributed by atoms with Gasteiger partial charge < -0.3 is 6.42 Å². The molecular formula is C14H25Rb. The first-order valence-electron chi connectivity index (χ1n) is 6.66. The van der Waals surface area contributed by atoms with Crippen LogP contribution in [-0.4, -0.2) is 0 Å². The van der Waals surface area contributed by atoms with Crippen molar-refractivity contribution in [2.24, 2.45) is 17.8 Å². The van der Waals surface area contributed by atoms with Crippen LogP contribution in [0.3, 0.4) is 0 Å².